The number of amides is 4. The lowest BCUT2D eigenvalue weighted by molar-refractivity contribution is -0.141. The zero-order chi connectivity index (χ0) is 39.6. The summed E-state index contributed by atoms with van der Waals surface area (Å²) in [5.74, 6) is -4.28. The molecule has 0 heterocycles. The Balaban J connectivity index is 0.000000762. The van der Waals surface area contributed by atoms with Crippen LogP contribution in [-0.4, -0.2) is 99.9 Å². The number of carboxylic acid groups (broad SMARTS) is 3. The third kappa shape index (κ3) is 22.9. The van der Waals surface area contributed by atoms with E-state index in [1.165, 1.54) is 6.92 Å². The molecule has 0 saturated carbocycles. The molecule has 0 aliphatic heterocycles. The first-order chi connectivity index (χ1) is 24.5. The average molecular weight is 730 g/mol. The SMILES string of the molecule is CC(=O)C(Cc1ccccc1)NC=O.CC(C)NC(CC(=O)O)C(=O)NC(C)CC(=O)O.CC(Cc1ccccc1)NC(=O)C(CC(=O)O)NC=O. The Hall–Kier alpha value is -5.64. The molecule has 2 aromatic carbocycles. The maximum absolute atomic E-state index is 11.9. The van der Waals surface area contributed by atoms with Crippen LogP contribution >= 0.6 is 0 Å². The summed E-state index contributed by atoms with van der Waals surface area (Å²) < 4.78 is 0. The van der Waals surface area contributed by atoms with Crippen LogP contribution in [0.2, 0.25) is 0 Å². The van der Waals surface area contributed by atoms with E-state index in [2.05, 4.69) is 26.6 Å². The zero-order valence-electron chi connectivity index (χ0n) is 30.0. The summed E-state index contributed by atoms with van der Waals surface area (Å²) in [4.78, 5) is 87.1. The quantitative estimate of drug-likeness (QED) is 0.0840. The van der Waals surface area contributed by atoms with Gasteiger partial charge in [0.1, 0.15) is 6.04 Å². The van der Waals surface area contributed by atoms with Crippen molar-refractivity contribution in [3.8, 4) is 0 Å². The van der Waals surface area contributed by atoms with Gasteiger partial charge in [-0.2, -0.15) is 0 Å². The highest BCUT2D eigenvalue weighted by atomic mass is 16.4. The summed E-state index contributed by atoms with van der Waals surface area (Å²) in [5.41, 5.74) is 2.11. The Bertz CT molecular complexity index is 1420. The first-order valence-electron chi connectivity index (χ1n) is 16.5. The van der Waals surface area contributed by atoms with Crippen LogP contribution in [0.25, 0.3) is 0 Å². The Kier molecular flexibility index (Phi) is 23.4. The van der Waals surface area contributed by atoms with Crippen LogP contribution in [0.15, 0.2) is 60.7 Å². The van der Waals surface area contributed by atoms with Crippen LogP contribution in [0, 0.1) is 0 Å². The van der Waals surface area contributed by atoms with Crippen LogP contribution in [0.4, 0.5) is 0 Å². The molecule has 0 fully saturated rings. The number of carbonyl (C=O) groups is 8. The first-order valence-corrected chi connectivity index (χ1v) is 16.5. The summed E-state index contributed by atoms with van der Waals surface area (Å²) in [6, 6.07) is 16.1. The molecule has 0 aliphatic carbocycles. The van der Waals surface area contributed by atoms with Crippen molar-refractivity contribution >= 4 is 48.3 Å². The Morgan fingerprint density at radius 1 is 0.577 bits per heavy atom. The molecule has 0 aromatic heterocycles. The Morgan fingerprint density at radius 3 is 1.40 bits per heavy atom. The number of hydrogen-bond donors (Lipinski definition) is 8. The van der Waals surface area contributed by atoms with Crippen LogP contribution in [-0.2, 0) is 51.2 Å². The maximum Gasteiger partial charge on any atom is 0.305 e. The van der Waals surface area contributed by atoms with Gasteiger partial charge < -0.3 is 41.9 Å². The highest BCUT2D eigenvalue weighted by Crippen LogP contribution is 2.05. The molecule has 286 valence electrons. The topological polar surface area (TPSA) is 257 Å². The molecular weight excluding hydrogens is 678 g/mol. The van der Waals surface area contributed by atoms with Gasteiger partial charge in [-0.25, -0.2) is 0 Å². The van der Waals surface area contributed by atoms with E-state index in [4.69, 9.17) is 15.3 Å². The van der Waals surface area contributed by atoms with E-state index >= 15 is 0 Å². The van der Waals surface area contributed by atoms with Gasteiger partial charge in [0.05, 0.1) is 31.3 Å². The number of ketones is 1. The molecule has 5 atom stereocenters. The lowest BCUT2D eigenvalue weighted by atomic mass is 10.0. The van der Waals surface area contributed by atoms with Crippen molar-refractivity contribution in [1.29, 1.82) is 0 Å². The fraction of sp³-hybridized carbons (Fsp3) is 0.444. The fourth-order valence-electron chi connectivity index (χ4n) is 4.56. The van der Waals surface area contributed by atoms with Crippen LogP contribution in [0.1, 0.15) is 65.0 Å². The molecule has 0 radical (unpaired) electrons. The van der Waals surface area contributed by atoms with Crippen molar-refractivity contribution in [2.75, 3.05) is 0 Å². The summed E-state index contributed by atoms with van der Waals surface area (Å²) in [6.07, 6.45) is 1.09. The number of nitrogens with one attached hydrogen (secondary N) is 5. The Labute approximate surface area is 303 Å². The second kappa shape index (κ2) is 26.2. The molecule has 0 aliphatic rings. The van der Waals surface area contributed by atoms with Gasteiger partial charge in [0.2, 0.25) is 24.6 Å². The van der Waals surface area contributed by atoms with Gasteiger partial charge in [0.15, 0.2) is 5.78 Å². The van der Waals surface area contributed by atoms with E-state index in [1.54, 1.807) is 20.8 Å². The van der Waals surface area contributed by atoms with Gasteiger partial charge >= 0.3 is 17.9 Å². The van der Waals surface area contributed by atoms with Gasteiger partial charge in [-0.3, -0.25) is 38.4 Å². The summed E-state index contributed by atoms with van der Waals surface area (Å²) in [6.45, 7) is 8.44. The smallest absolute Gasteiger partial charge is 0.305 e. The lowest BCUT2D eigenvalue weighted by Gasteiger charge is -2.21. The van der Waals surface area contributed by atoms with Gasteiger partial charge in [-0.15, -0.1) is 0 Å². The van der Waals surface area contributed by atoms with Gasteiger partial charge in [-0.1, -0.05) is 74.5 Å². The normalized spacial score (nSPS) is 13.0. The number of Topliss-reactive ketones (excluding diaryl/α,β-unsaturated/α-hetero) is 1. The summed E-state index contributed by atoms with van der Waals surface area (Å²) >= 11 is 0. The van der Waals surface area contributed by atoms with E-state index in [9.17, 15) is 38.4 Å². The second-order valence-corrected chi connectivity index (χ2v) is 12.2. The molecule has 4 amide bonds. The molecule has 5 unspecified atom stereocenters. The molecule has 2 aromatic rings. The monoisotopic (exact) mass is 729 g/mol. The van der Waals surface area contributed by atoms with Crippen LogP contribution < -0.4 is 26.6 Å². The van der Waals surface area contributed by atoms with Crippen molar-refractivity contribution in [3.05, 3.63) is 71.8 Å². The number of carboxylic acids is 3. The second-order valence-electron chi connectivity index (χ2n) is 12.2. The molecule has 16 nitrogen and oxygen atoms in total. The van der Waals surface area contributed by atoms with Crippen molar-refractivity contribution in [1.82, 2.24) is 26.6 Å². The minimum Gasteiger partial charge on any atom is -0.481 e. The van der Waals surface area contributed by atoms with E-state index < -0.39 is 60.3 Å². The fourth-order valence-corrected chi connectivity index (χ4v) is 4.56. The largest absolute Gasteiger partial charge is 0.481 e. The highest BCUT2D eigenvalue weighted by molar-refractivity contribution is 5.88. The van der Waals surface area contributed by atoms with Crippen molar-refractivity contribution in [2.45, 2.75) is 103 Å². The van der Waals surface area contributed by atoms with Gasteiger partial charge in [0.25, 0.3) is 0 Å². The van der Waals surface area contributed by atoms with Crippen molar-refractivity contribution in [3.63, 3.8) is 0 Å². The maximum atomic E-state index is 11.9. The van der Waals surface area contributed by atoms with Crippen LogP contribution in [0.5, 0.6) is 0 Å². The molecule has 0 bridgehead atoms. The third-order valence-electron chi connectivity index (χ3n) is 6.88. The number of benzene rings is 2. The lowest BCUT2D eigenvalue weighted by Crippen LogP contribution is -2.50. The number of rotatable bonds is 21. The van der Waals surface area contributed by atoms with E-state index in [-0.39, 0.29) is 30.7 Å². The van der Waals surface area contributed by atoms with E-state index in [0.29, 0.717) is 25.7 Å². The summed E-state index contributed by atoms with van der Waals surface area (Å²) in [5, 5.41) is 38.7. The van der Waals surface area contributed by atoms with Crippen molar-refractivity contribution in [2.24, 2.45) is 0 Å². The molecule has 0 spiro atoms. The minimum atomic E-state index is -1.14. The number of carbonyl (C=O) groups excluding carboxylic acids is 5. The zero-order valence-corrected chi connectivity index (χ0v) is 30.0. The minimum absolute atomic E-state index is 0.0269. The van der Waals surface area contributed by atoms with Crippen molar-refractivity contribution < 1.29 is 53.7 Å². The molecule has 16 heteroatoms. The molecule has 8 N–H and O–H groups in total. The standard InChI is InChI=1S/C14H18N2O4.C11H20N2O5.C11H13NO2/c1-10(7-11-5-3-2-4-6-11)16-14(20)12(15-9-17)8-13(18)19;1-6(2)12-8(5-10(16)17)11(18)13-7(3)4-9(14)15;1-9(14)11(12-8-13)7-10-5-3-2-4-6-10/h2-6,9-10,12H,7-8H2,1H3,(H,15,17)(H,16,20)(H,18,19);6-8,12H,4-5H2,1-3H3,(H,13,18)(H,14,15)(H,16,17);2-6,8,11H,7H2,1H3,(H,12,13). The predicted molar refractivity (Wildman–Crippen MR) is 191 cm³/mol. The molecule has 0 saturated heterocycles. The van der Waals surface area contributed by atoms with E-state index in [0.717, 1.165) is 11.1 Å². The molecular formula is C36H51N5O11. The van der Waals surface area contributed by atoms with Gasteiger partial charge in [-0.05, 0) is 44.7 Å². The molecule has 52 heavy (non-hydrogen) atoms. The average Bonchev–Trinajstić information content (AvgIpc) is 3.04. The highest BCUT2D eigenvalue weighted by Gasteiger charge is 2.24. The third-order valence-corrected chi connectivity index (χ3v) is 6.88. The van der Waals surface area contributed by atoms with E-state index in [1.807, 2.05) is 67.6 Å². The summed E-state index contributed by atoms with van der Waals surface area (Å²) in [7, 11) is 0. The molecule has 2 rings (SSSR count). The number of hydrogen-bond acceptors (Lipinski definition) is 9. The van der Waals surface area contributed by atoms with Crippen LogP contribution in [0.3, 0.4) is 0 Å². The predicted octanol–water partition coefficient (Wildman–Crippen LogP) is 1.06. The Morgan fingerprint density at radius 2 is 0.981 bits per heavy atom. The number of aliphatic carboxylic acids is 3. The first kappa shape index (κ1) is 46.4. The van der Waals surface area contributed by atoms with Gasteiger partial charge in [0, 0.05) is 18.1 Å².